The lowest BCUT2D eigenvalue weighted by Gasteiger charge is -2.23. The summed E-state index contributed by atoms with van der Waals surface area (Å²) in [6.07, 6.45) is 8.28. The van der Waals surface area contributed by atoms with Crippen LogP contribution in [0.5, 0.6) is 0 Å². The fourth-order valence-electron chi connectivity index (χ4n) is 2.90. The summed E-state index contributed by atoms with van der Waals surface area (Å²) in [7, 11) is 0. The second kappa shape index (κ2) is 13.3. The average molecular weight is 363 g/mol. The Morgan fingerprint density at radius 2 is 1.27 bits per heavy atom. The molecule has 1 rings (SSSR count). The lowest BCUT2D eigenvalue weighted by Crippen LogP contribution is -2.33. The van der Waals surface area contributed by atoms with Gasteiger partial charge in [0.05, 0.1) is 0 Å². The third-order valence-electron chi connectivity index (χ3n) is 4.45. The molecule has 0 fully saturated rings. The Morgan fingerprint density at radius 3 is 1.77 bits per heavy atom. The molecule has 2 amide bonds. The van der Waals surface area contributed by atoms with Gasteiger partial charge >= 0.3 is 0 Å². The van der Waals surface area contributed by atoms with E-state index in [4.69, 9.17) is 17.2 Å². The van der Waals surface area contributed by atoms with Crippen molar-refractivity contribution in [1.29, 1.82) is 0 Å². The van der Waals surface area contributed by atoms with Gasteiger partial charge < -0.3 is 22.1 Å². The van der Waals surface area contributed by atoms with Gasteiger partial charge in [0.15, 0.2) is 0 Å². The third kappa shape index (κ3) is 8.45. The van der Waals surface area contributed by atoms with Crippen molar-refractivity contribution in [1.82, 2.24) is 4.90 Å². The summed E-state index contributed by atoms with van der Waals surface area (Å²) in [5.41, 5.74) is 17.3. The number of primary amides is 1. The van der Waals surface area contributed by atoms with Crippen molar-refractivity contribution in [2.75, 3.05) is 26.2 Å². The van der Waals surface area contributed by atoms with Crippen molar-refractivity contribution in [2.24, 2.45) is 17.2 Å². The molecule has 1 aromatic rings. The van der Waals surface area contributed by atoms with E-state index in [2.05, 4.69) is 0 Å². The minimum atomic E-state index is -0.519. The molecule has 0 heterocycles. The van der Waals surface area contributed by atoms with E-state index in [1.54, 1.807) is 24.3 Å². The van der Waals surface area contributed by atoms with Crippen LogP contribution in [0.15, 0.2) is 24.3 Å². The molecule has 6 nitrogen and oxygen atoms in total. The van der Waals surface area contributed by atoms with Gasteiger partial charge in [-0.05, 0) is 57.0 Å². The highest BCUT2D eigenvalue weighted by Crippen LogP contribution is 2.12. The van der Waals surface area contributed by atoms with Gasteiger partial charge in [0.1, 0.15) is 0 Å². The maximum absolute atomic E-state index is 12.9. The largest absolute Gasteiger partial charge is 0.366 e. The first-order valence-electron chi connectivity index (χ1n) is 9.69. The molecular formula is C20H34N4O2. The summed E-state index contributed by atoms with van der Waals surface area (Å²) in [5.74, 6) is -0.555. The first-order chi connectivity index (χ1) is 12.6. The maximum Gasteiger partial charge on any atom is 0.253 e. The Balaban J connectivity index is 2.66. The van der Waals surface area contributed by atoms with Crippen LogP contribution in [0.2, 0.25) is 0 Å². The first kappa shape index (κ1) is 22.1. The number of unbranched alkanes of at least 4 members (excludes halogenated alkanes) is 6. The van der Waals surface area contributed by atoms with Gasteiger partial charge in [-0.25, -0.2) is 0 Å². The van der Waals surface area contributed by atoms with E-state index in [9.17, 15) is 9.59 Å². The van der Waals surface area contributed by atoms with Crippen LogP contribution in [0.1, 0.15) is 72.1 Å². The molecule has 0 aliphatic carbocycles. The molecule has 0 spiro atoms. The SMILES string of the molecule is NCCCCCCN(CCCCCCN)C(=O)c1cccc(C(N)=O)c1. The number of carbonyl (C=O) groups excluding carboxylic acids is 2. The summed E-state index contributed by atoms with van der Waals surface area (Å²) in [6.45, 7) is 2.87. The quantitative estimate of drug-likeness (QED) is 0.440. The third-order valence-corrected chi connectivity index (χ3v) is 4.45. The standard InChI is InChI=1S/C20H34N4O2/c21-12-5-1-3-7-14-24(15-8-4-2-6-13-22)20(26)18-11-9-10-17(16-18)19(23)25/h9-11,16H,1-8,12-15,21-22H2,(H2,23,25). The van der Waals surface area contributed by atoms with Crippen LogP contribution >= 0.6 is 0 Å². The summed E-state index contributed by atoms with van der Waals surface area (Å²) in [5, 5.41) is 0. The molecule has 6 N–H and O–H groups in total. The van der Waals surface area contributed by atoms with Gasteiger partial charge in [0, 0.05) is 24.2 Å². The molecule has 26 heavy (non-hydrogen) atoms. The van der Waals surface area contributed by atoms with Crippen LogP contribution in [0, 0.1) is 0 Å². The van der Waals surface area contributed by atoms with E-state index in [1.807, 2.05) is 4.90 Å². The van der Waals surface area contributed by atoms with Gasteiger partial charge in [-0.1, -0.05) is 31.7 Å². The van der Waals surface area contributed by atoms with Crippen LogP contribution in [-0.2, 0) is 0 Å². The van der Waals surface area contributed by atoms with E-state index >= 15 is 0 Å². The topological polar surface area (TPSA) is 115 Å². The summed E-state index contributed by atoms with van der Waals surface area (Å²) in [6, 6.07) is 6.65. The normalized spacial score (nSPS) is 10.7. The summed E-state index contributed by atoms with van der Waals surface area (Å²) >= 11 is 0. The zero-order valence-corrected chi connectivity index (χ0v) is 15.8. The summed E-state index contributed by atoms with van der Waals surface area (Å²) in [4.78, 5) is 26.2. The Morgan fingerprint density at radius 1 is 0.769 bits per heavy atom. The smallest absolute Gasteiger partial charge is 0.253 e. The maximum atomic E-state index is 12.9. The van der Waals surface area contributed by atoms with E-state index < -0.39 is 5.91 Å². The van der Waals surface area contributed by atoms with Crippen molar-refractivity contribution in [3.05, 3.63) is 35.4 Å². The monoisotopic (exact) mass is 362 g/mol. The van der Waals surface area contributed by atoms with Crippen LogP contribution in [0.3, 0.4) is 0 Å². The predicted octanol–water partition coefficient (Wildman–Crippen LogP) is 2.27. The van der Waals surface area contributed by atoms with E-state index in [0.717, 1.165) is 64.5 Å². The van der Waals surface area contributed by atoms with Gasteiger partial charge in [0.25, 0.3) is 5.91 Å². The molecule has 6 heteroatoms. The number of carbonyl (C=O) groups is 2. The molecule has 1 aromatic carbocycles. The molecule has 0 saturated carbocycles. The van der Waals surface area contributed by atoms with Crippen LogP contribution in [0.25, 0.3) is 0 Å². The zero-order chi connectivity index (χ0) is 19.2. The number of hydrogen-bond donors (Lipinski definition) is 3. The highest BCUT2D eigenvalue weighted by atomic mass is 16.2. The minimum Gasteiger partial charge on any atom is -0.366 e. The van der Waals surface area contributed by atoms with Gasteiger partial charge in [-0.2, -0.15) is 0 Å². The Kier molecular flexibility index (Phi) is 11.3. The average Bonchev–Trinajstić information content (AvgIpc) is 2.65. The van der Waals surface area contributed by atoms with Crippen LogP contribution < -0.4 is 17.2 Å². The molecule has 146 valence electrons. The molecule has 0 saturated heterocycles. The number of benzene rings is 1. The number of amides is 2. The molecule has 0 radical (unpaired) electrons. The molecule has 0 aromatic heterocycles. The van der Waals surface area contributed by atoms with Gasteiger partial charge in [-0.15, -0.1) is 0 Å². The molecule has 0 aliphatic rings. The van der Waals surface area contributed by atoms with Crippen LogP contribution in [-0.4, -0.2) is 42.9 Å². The molecule has 0 bridgehead atoms. The van der Waals surface area contributed by atoms with E-state index in [0.29, 0.717) is 24.2 Å². The van der Waals surface area contributed by atoms with E-state index in [1.165, 1.54) is 0 Å². The fraction of sp³-hybridized carbons (Fsp3) is 0.600. The van der Waals surface area contributed by atoms with Crippen molar-refractivity contribution in [2.45, 2.75) is 51.4 Å². The second-order valence-corrected chi connectivity index (χ2v) is 6.64. The number of hydrogen-bond acceptors (Lipinski definition) is 4. The van der Waals surface area contributed by atoms with Crippen molar-refractivity contribution >= 4 is 11.8 Å². The molecule has 0 unspecified atom stereocenters. The van der Waals surface area contributed by atoms with Crippen molar-refractivity contribution < 1.29 is 9.59 Å². The molecule has 0 aliphatic heterocycles. The predicted molar refractivity (Wildman–Crippen MR) is 106 cm³/mol. The van der Waals surface area contributed by atoms with E-state index in [-0.39, 0.29) is 5.91 Å². The zero-order valence-electron chi connectivity index (χ0n) is 15.8. The van der Waals surface area contributed by atoms with Gasteiger partial charge in [-0.3, -0.25) is 9.59 Å². The summed E-state index contributed by atoms with van der Waals surface area (Å²) < 4.78 is 0. The Bertz CT molecular complexity index is 534. The lowest BCUT2D eigenvalue weighted by molar-refractivity contribution is 0.0749. The molecular weight excluding hydrogens is 328 g/mol. The van der Waals surface area contributed by atoms with Crippen LogP contribution in [0.4, 0.5) is 0 Å². The fourth-order valence-corrected chi connectivity index (χ4v) is 2.90. The Hall–Kier alpha value is -1.92. The first-order valence-corrected chi connectivity index (χ1v) is 9.69. The van der Waals surface area contributed by atoms with Gasteiger partial charge in [0.2, 0.25) is 5.91 Å². The highest BCUT2D eigenvalue weighted by molar-refractivity contribution is 5.99. The minimum absolute atomic E-state index is 0.0363. The highest BCUT2D eigenvalue weighted by Gasteiger charge is 2.16. The number of rotatable bonds is 14. The lowest BCUT2D eigenvalue weighted by atomic mass is 10.1. The van der Waals surface area contributed by atoms with Crippen molar-refractivity contribution in [3.63, 3.8) is 0 Å². The number of nitrogens with two attached hydrogens (primary N) is 3. The molecule has 0 atom stereocenters. The Labute approximate surface area is 157 Å². The second-order valence-electron chi connectivity index (χ2n) is 6.64. The van der Waals surface area contributed by atoms with Crippen molar-refractivity contribution in [3.8, 4) is 0 Å². The number of nitrogens with zero attached hydrogens (tertiary/aromatic N) is 1.